The molecule has 0 aromatic carbocycles. The van der Waals surface area contributed by atoms with Crippen LogP contribution in [0.3, 0.4) is 0 Å². The zero-order chi connectivity index (χ0) is 12.7. The van der Waals surface area contributed by atoms with Gasteiger partial charge in [0.25, 0.3) is 0 Å². The van der Waals surface area contributed by atoms with Crippen molar-refractivity contribution in [1.29, 1.82) is 0 Å². The van der Waals surface area contributed by atoms with Gasteiger partial charge in [-0.15, -0.1) is 0 Å². The number of nitrogens with one attached hydrogen (secondary N) is 1. The number of aliphatic imine (C=N–C) groups is 1. The summed E-state index contributed by atoms with van der Waals surface area (Å²) in [4.78, 5) is 21.1. The van der Waals surface area contributed by atoms with Gasteiger partial charge in [-0.1, -0.05) is 0 Å². The molecule has 0 spiro atoms. The molecular formula is C11H16N4O2. The summed E-state index contributed by atoms with van der Waals surface area (Å²) in [5.41, 5.74) is 0.556. The number of amides is 1. The quantitative estimate of drug-likeness (QED) is 0.634. The topological polar surface area (TPSA) is 66.8 Å². The molecule has 1 aromatic heterocycles. The van der Waals surface area contributed by atoms with Crippen LogP contribution in [-0.2, 0) is 0 Å². The molecule has 0 saturated heterocycles. The van der Waals surface area contributed by atoms with Crippen molar-refractivity contribution < 1.29 is 9.53 Å². The van der Waals surface area contributed by atoms with Crippen LogP contribution in [0.4, 0.5) is 10.5 Å². The van der Waals surface area contributed by atoms with Gasteiger partial charge in [0.2, 0.25) is 0 Å². The van der Waals surface area contributed by atoms with Gasteiger partial charge in [0.1, 0.15) is 5.69 Å². The molecule has 1 heterocycles. The monoisotopic (exact) mass is 236 g/mol. The Balaban J connectivity index is 2.81. The Kier molecular flexibility index (Phi) is 4.93. The van der Waals surface area contributed by atoms with Gasteiger partial charge >= 0.3 is 6.09 Å². The molecule has 0 bridgehead atoms. The van der Waals surface area contributed by atoms with Crippen LogP contribution in [0, 0.1) is 0 Å². The predicted octanol–water partition coefficient (Wildman–Crippen LogP) is 1.41. The van der Waals surface area contributed by atoms with Gasteiger partial charge in [0, 0.05) is 26.8 Å². The minimum atomic E-state index is -0.512. The molecule has 1 amide bonds. The number of hydrogen-bond donors (Lipinski definition) is 1. The third kappa shape index (κ3) is 4.50. The average Bonchev–Trinajstić information content (AvgIpc) is 2.28. The summed E-state index contributed by atoms with van der Waals surface area (Å²) in [6.07, 6.45) is 4.16. The van der Waals surface area contributed by atoms with Crippen molar-refractivity contribution in [3.8, 4) is 5.75 Å². The number of nitrogens with zero attached hydrogens (tertiary/aromatic N) is 3. The highest BCUT2D eigenvalue weighted by atomic mass is 16.6. The molecule has 0 atom stereocenters. The van der Waals surface area contributed by atoms with Crippen molar-refractivity contribution in [2.24, 2.45) is 4.99 Å². The number of hydrogen-bond acceptors (Lipinski definition) is 4. The van der Waals surface area contributed by atoms with Gasteiger partial charge in [0.15, 0.2) is 5.75 Å². The van der Waals surface area contributed by atoms with Gasteiger partial charge in [-0.3, -0.25) is 4.98 Å². The molecule has 1 N–H and O–H groups in total. The molecule has 0 unspecified atom stereocenters. The Hall–Kier alpha value is -2.11. The van der Waals surface area contributed by atoms with E-state index in [1.54, 1.807) is 23.5 Å². The highest BCUT2D eigenvalue weighted by molar-refractivity contribution is 5.73. The molecule has 92 valence electrons. The van der Waals surface area contributed by atoms with Gasteiger partial charge in [0.05, 0.1) is 12.5 Å². The molecule has 0 aliphatic rings. The Bertz CT molecular complexity index is 404. The second-order valence-corrected chi connectivity index (χ2v) is 3.47. The highest BCUT2D eigenvalue weighted by Crippen LogP contribution is 2.25. The van der Waals surface area contributed by atoms with E-state index in [4.69, 9.17) is 4.74 Å². The summed E-state index contributed by atoms with van der Waals surface area (Å²) >= 11 is 0. The second-order valence-electron chi connectivity index (χ2n) is 3.47. The molecule has 0 fully saturated rings. The number of aromatic nitrogens is 1. The van der Waals surface area contributed by atoms with E-state index in [1.807, 2.05) is 21.0 Å². The van der Waals surface area contributed by atoms with Crippen molar-refractivity contribution in [3.05, 3.63) is 18.5 Å². The van der Waals surface area contributed by atoms with E-state index in [-0.39, 0.29) is 0 Å². The Morgan fingerprint density at radius 1 is 1.65 bits per heavy atom. The van der Waals surface area contributed by atoms with Crippen LogP contribution in [-0.4, -0.2) is 43.0 Å². The normalized spacial score (nSPS) is 10.3. The Labute approximate surface area is 100 Å². The fourth-order valence-electron chi connectivity index (χ4n) is 1.02. The van der Waals surface area contributed by atoms with E-state index in [1.165, 1.54) is 6.20 Å². The van der Waals surface area contributed by atoms with E-state index in [9.17, 15) is 4.79 Å². The van der Waals surface area contributed by atoms with Crippen molar-refractivity contribution in [2.75, 3.05) is 20.6 Å². The molecule has 1 rings (SSSR count). The molecular weight excluding hydrogens is 220 g/mol. The minimum Gasteiger partial charge on any atom is -0.406 e. The van der Waals surface area contributed by atoms with Gasteiger partial charge in [-0.2, -0.15) is 0 Å². The summed E-state index contributed by atoms with van der Waals surface area (Å²) in [5, 5.41) is 2.53. The van der Waals surface area contributed by atoms with Gasteiger partial charge < -0.3 is 15.0 Å². The average molecular weight is 236 g/mol. The molecule has 6 heteroatoms. The SMILES string of the molecule is CCNC(=O)Oc1cnccc1N=CN(C)C. The van der Waals surface area contributed by atoms with Crippen LogP contribution in [0.25, 0.3) is 0 Å². The largest absolute Gasteiger partial charge is 0.412 e. The number of pyridine rings is 1. The number of rotatable bonds is 4. The van der Waals surface area contributed by atoms with Crippen molar-refractivity contribution in [1.82, 2.24) is 15.2 Å². The smallest absolute Gasteiger partial charge is 0.406 e. The van der Waals surface area contributed by atoms with Crippen molar-refractivity contribution in [3.63, 3.8) is 0 Å². The molecule has 0 aliphatic carbocycles. The van der Waals surface area contributed by atoms with E-state index < -0.39 is 6.09 Å². The summed E-state index contributed by atoms with van der Waals surface area (Å²) in [6, 6.07) is 1.68. The van der Waals surface area contributed by atoms with E-state index >= 15 is 0 Å². The zero-order valence-corrected chi connectivity index (χ0v) is 10.2. The molecule has 1 aromatic rings. The van der Waals surface area contributed by atoms with Crippen LogP contribution in [0.15, 0.2) is 23.5 Å². The first-order valence-electron chi connectivity index (χ1n) is 5.23. The lowest BCUT2D eigenvalue weighted by molar-refractivity contribution is 0.201. The number of carbonyl (C=O) groups is 1. The van der Waals surface area contributed by atoms with Crippen molar-refractivity contribution in [2.45, 2.75) is 6.92 Å². The van der Waals surface area contributed by atoms with Crippen LogP contribution in [0.1, 0.15) is 6.92 Å². The zero-order valence-electron chi connectivity index (χ0n) is 10.2. The lowest BCUT2D eigenvalue weighted by Gasteiger charge is -2.07. The van der Waals surface area contributed by atoms with Crippen LogP contribution in [0.5, 0.6) is 5.75 Å². The van der Waals surface area contributed by atoms with Crippen LogP contribution < -0.4 is 10.1 Å². The Morgan fingerprint density at radius 3 is 3.06 bits per heavy atom. The maximum atomic E-state index is 11.3. The van der Waals surface area contributed by atoms with Crippen LogP contribution >= 0.6 is 0 Å². The maximum absolute atomic E-state index is 11.3. The lowest BCUT2D eigenvalue weighted by atomic mass is 10.4. The summed E-state index contributed by atoms with van der Waals surface area (Å²) in [6.45, 7) is 2.32. The van der Waals surface area contributed by atoms with E-state index in [0.29, 0.717) is 18.0 Å². The van der Waals surface area contributed by atoms with E-state index in [0.717, 1.165) is 0 Å². The first-order chi connectivity index (χ1) is 8.13. The maximum Gasteiger partial charge on any atom is 0.412 e. The number of carbonyl (C=O) groups excluding carboxylic acids is 1. The molecule has 17 heavy (non-hydrogen) atoms. The fourth-order valence-corrected chi connectivity index (χ4v) is 1.02. The molecule has 0 radical (unpaired) electrons. The second kappa shape index (κ2) is 6.47. The standard InChI is InChI=1S/C11H16N4O2/c1-4-13-11(16)17-10-7-12-6-5-9(10)14-8-15(2)3/h5-8H,4H2,1-3H3,(H,13,16). The number of ether oxygens (including phenoxy) is 1. The first kappa shape index (κ1) is 13.0. The van der Waals surface area contributed by atoms with Gasteiger partial charge in [-0.25, -0.2) is 9.79 Å². The predicted molar refractivity (Wildman–Crippen MR) is 65.8 cm³/mol. The fraction of sp³-hybridized carbons (Fsp3) is 0.364. The molecule has 0 aliphatic heterocycles. The van der Waals surface area contributed by atoms with E-state index in [2.05, 4.69) is 15.3 Å². The molecule has 6 nitrogen and oxygen atoms in total. The highest BCUT2D eigenvalue weighted by Gasteiger charge is 2.07. The van der Waals surface area contributed by atoms with Gasteiger partial charge in [-0.05, 0) is 13.0 Å². The van der Waals surface area contributed by atoms with Crippen LogP contribution in [0.2, 0.25) is 0 Å². The summed E-state index contributed by atoms with van der Waals surface area (Å²) < 4.78 is 5.07. The lowest BCUT2D eigenvalue weighted by Crippen LogP contribution is -2.26. The minimum absolute atomic E-state index is 0.330. The summed E-state index contributed by atoms with van der Waals surface area (Å²) in [7, 11) is 3.71. The third-order valence-electron chi connectivity index (χ3n) is 1.71. The first-order valence-corrected chi connectivity index (χ1v) is 5.23. The third-order valence-corrected chi connectivity index (χ3v) is 1.71. The summed E-state index contributed by atoms with van der Waals surface area (Å²) in [5.74, 6) is 0.330. The van der Waals surface area contributed by atoms with Crippen molar-refractivity contribution >= 4 is 18.1 Å². The molecule has 0 saturated carbocycles. The Morgan fingerprint density at radius 2 is 2.41 bits per heavy atom.